The molecule has 0 aliphatic rings. The number of nitrogens with zero attached hydrogens (tertiary/aromatic N) is 2. The lowest BCUT2D eigenvalue weighted by Gasteiger charge is -2.09. The smallest absolute Gasteiger partial charge is 0.238 e. The van der Waals surface area contributed by atoms with Crippen molar-refractivity contribution < 1.29 is 8.42 Å². The standard InChI is InChI=1S/C14H11N3O2S/c15-20(18,19)13-7-2-1-4-10(13)11-5-3-6-12-14(11)17-9-8-16-12/h1-9H,(H2,15,18,19). The van der Waals surface area contributed by atoms with E-state index in [1.54, 1.807) is 36.7 Å². The van der Waals surface area contributed by atoms with Crippen LogP contribution >= 0.6 is 0 Å². The van der Waals surface area contributed by atoms with Gasteiger partial charge in [-0.05, 0) is 12.1 Å². The lowest BCUT2D eigenvalue weighted by atomic mass is 10.0. The predicted molar refractivity (Wildman–Crippen MR) is 76.3 cm³/mol. The summed E-state index contributed by atoms with van der Waals surface area (Å²) in [4.78, 5) is 8.58. The number of primary sulfonamides is 1. The molecule has 3 rings (SSSR count). The molecule has 1 aromatic heterocycles. The van der Waals surface area contributed by atoms with Crippen LogP contribution < -0.4 is 5.14 Å². The molecule has 5 nitrogen and oxygen atoms in total. The van der Waals surface area contributed by atoms with E-state index in [1.165, 1.54) is 6.07 Å². The lowest BCUT2D eigenvalue weighted by Crippen LogP contribution is -2.13. The van der Waals surface area contributed by atoms with E-state index in [2.05, 4.69) is 9.97 Å². The van der Waals surface area contributed by atoms with E-state index >= 15 is 0 Å². The fourth-order valence-electron chi connectivity index (χ4n) is 2.15. The van der Waals surface area contributed by atoms with E-state index in [1.807, 2.05) is 12.1 Å². The van der Waals surface area contributed by atoms with Gasteiger partial charge in [-0.25, -0.2) is 13.6 Å². The second-order valence-corrected chi connectivity index (χ2v) is 5.80. The second kappa shape index (κ2) is 4.66. The van der Waals surface area contributed by atoms with Crippen molar-refractivity contribution in [2.45, 2.75) is 4.90 Å². The van der Waals surface area contributed by atoms with Gasteiger partial charge in [-0.1, -0.05) is 30.3 Å². The number of rotatable bonds is 2. The van der Waals surface area contributed by atoms with Gasteiger partial charge in [0.25, 0.3) is 0 Å². The molecular weight excluding hydrogens is 274 g/mol. The maximum absolute atomic E-state index is 11.7. The summed E-state index contributed by atoms with van der Waals surface area (Å²) < 4.78 is 23.4. The number of sulfonamides is 1. The van der Waals surface area contributed by atoms with Gasteiger partial charge >= 0.3 is 0 Å². The van der Waals surface area contributed by atoms with Gasteiger partial charge in [0.1, 0.15) is 0 Å². The van der Waals surface area contributed by atoms with Crippen molar-refractivity contribution in [1.29, 1.82) is 0 Å². The molecule has 2 N–H and O–H groups in total. The number of benzene rings is 2. The number of fused-ring (bicyclic) bond motifs is 1. The summed E-state index contributed by atoms with van der Waals surface area (Å²) in [6.45, 7) is 0. The van der Waals surface area contributed by atoms with Gasteiger partial charge < -0.3 is 0 Å². The lowest BCUT2D eigenvalue weighted by molar-refractivity contribution is 0.598. The van der Waals surface area contributed by atoms with Crippen molar-refractivity contribution in [3.05, 3.63) is 54.9 Å². The minimum Gasteiger partial charge on any atom is -0.253 e. The average Bonchev–Trinajstić information content (AvgIpc) is 2.46. The Kier molecular flexibility index (Phi) is 2.96. The summed E-state index contributed by atoms with van der Waals surface area (Å²) in [5.41, 5.74) is 2.57. The first-order chi connectivity index (χ1) is 9.57. The summed E-state index contributed by atoms with van der Waals surface area (Å²) >= 11 is 0. The zero-order valence-electron chi connectivity index (χ0n) is 10.4. The number of hydrogen-bond acceptors (Lipinski definition) is 4. The van der Waals surface area contributed by atoms with Crippen molar-refractivity contribution in [2.24, 2.45) is 5.14 Å². The van der Waals surface area contributed by atoms with Crippen LogP contribution in [0.2, 0.25) is 0 Å². The summed E-state index contributed by atoms with van der Waals surface area (Å²) in [5, 5.41) is 5.28. The normalized spacial score (nSPS) is 11.7. The molecule has 0 atom stereocenters. The van der Waals surface area contributed by atoms with Gasteiger partial charge in [0.15, 0.2) is 0 Å². The Balaban J connectivity index is 2.38. The Morgan fingerprint density at radius 3 is 2.35 bits per heavy atom. The van der Waals surface area contributed by atoms with Gasteiger partial charge in [-0.3, -0.25) is 9.97 Å². The van der Waals surface area contributed by atoms with Crippen LogP contribution in [0.4, 0.5) is 0 Å². The average molecular weight is 285 g/mol. The van der Waals surface area contributed by atoms with Gasteiger partial charge in [0.2, 0.25) is 10.0 Å². The van der Waals surface area contributed by atoms with Crippen LogP contribution in [0, 0.1) is 0 Å². The maximum Gasteiger partial charge on any atom is 0.238 e. The summed E-state index contributed by atoms with van der Waals surface area (Å²) in [6, 6.07) is 12.0. The van der Waals surface area contributed by atoms with E-state index < -0.39 is 10.0 Å². The molecule has 0 spiro atoms. The van der Waals surface area contributed by atoms with Crippen LogP contribution in [0.3, 0.4) is 0 Å². The van der Waals surface area contributed by atoms with E-state index in [0.717, 1.165) is 0 Å². The molecule has 0 fully saturated rings. The Labute approximate surface area is 116 Å². The molecular formula is C14H11N3O2S. The Bertz CT molecular complexity index is 886. The number of para-hydroxylation sites is 1. The van der Waals surface area contributed by atoms with E-state index in [4.69, 9.17) is 5.14 Å². The quantitative estimate of drug-likeness (QED) is 0.779. The predicted octanol–water partition coefficient (Wildman–Crippen LogP) is 1.94. The Hall–Kier alpha value is -2.31. The summed E-state index contributed by atoms with van der Waals surface area (Å²) in [5.74, 6) is 0. The zero-order chi connectivity index (χ0) is 14.2. The number of hydrogen-bond donors (Lipinski definition) is 1. The second-order valence-electron chi connectivity index (χ2n) is 4.27. The van der Waals surface area contributed by atoms with Crippen molar-refractivity contribution in [2.75, 3.05) is 0 Å². The molecule has 20 heavy (non-hydrogen) atoms. The molecule has 0 saturated carbocycles. The van der Waals surface area contributed by atoms with Crippen LogP contribution in [0.15, 0.2) is 59.8 Å². The van der Waals surface area contributed by atoms with Crippen LogP contribution in [0.25, 0.3) is 22.2 Å². The van der Waals surface area contributed by atoms with Crippen LogP contribution in [0.5, 0.6) is 0 Å². The van der Waals surface area contributed by atoms with Gasteiger partial charge in [-0.2, -0.15) is 0 Å². The topological polar surface area (TPSA) is 85.9 Å². The van der Waals surface area contributed by atoms with Crippen molar-refractivity contribution in [3.63, 3.8) is 0 Å². The first-order valence-electron chi connectivity index (χ1n) is 5.89. The molecule has 0 saturated heterocycles. The van der Waals surface area contributed by atoms with Crippen LogP contribution in [-0.4, -0.2) is 18.4 Å². The monoisotopic (exact) mass is 285 g/mol. The van der Waals surface area contributed by atoms with Gasteiger partial charge in [-0.15, -0.1) is 0 Å². The van der Waals surface area contributed by atoms with Crippen LogP contribution in [-0.2, 0) is 10.0 Å². The molecule has 0 aliphatic heterocycles. The molecule has 0 bridgehead atoms. The molecule has 0 radical (unpaired) electrons. The van der Waals surface area contributed by atoms with Crippen LogP contribution in [0.1, 0.15) is 0 Å². The minimum absolute atomic E-state index is 0.0816. The highest BCUT2D eigenvalue weighted by Crippen LogP contribution is 2.30. The molecule has 2 aromatic carbocycles. The fourth-order valence-corrected chi connectivity index (χ4v) is 2.90. The van der Waals surface area contributed by atoms with Gasteiger partial charge in [0.05, 0.1) is 15.9 Å². The minimum atomic E-state index is -3.80. The molecule has 0 unspecified atom stereocenters. The van der Waals surface area contributed by atoms with Crippen molar-refractivity contribution in [1.82, 2.24) is 9.97 Å². The zero-order valence-corrected chi connectivity index (χ0v) is 11.2. The highest BCUT2D eigenvalue weighted by Gasteiger charge is 2.16. The molecule has 0 amide bonds. The largest absolute Gasteiger partial charge is 0.253 e. The highest BCUT2D eigenvalue weighted by molar-refractivity contribution is 7.89. The summed E-state index contributed by atoms with van der Waals surface area (Å²) in [6.07, 6.45) is 3.17. The van der Waals surface area contributed by atoms with E-state index in [-0.39, 0.29) is 4.90 Å². The van der Waals surface area contributed by atoms with E-state index in [9.17, 15) is 8.42 Å². The SMILES string of the molecule is NS(=O)(=O)c1ccccc1-c1cccc2nccnc12. The first-order valence-corrected chi connectivity index (χ1v) is 7.44. The third kappa shape index (κ3) is 2.15. The third-order valence-electron chi connectivity index (χ3n) is 2.98. The fraction of sp³-hybridized carbons (Fsp3) is 0. The highest BCUT2D eigenvalue weighted by atomic mass is 32.2. The number of aromatic nitrogens is 2. The third-order valence-corrected chi connectivity index (χ3v) is 3.95. The Morgan fingerprint density at radius 2 is 1.55 bits per heavy atom. The summed E-state index contributed by atoms with van der Waals surface area (Å²) in [7, 11) is -3.80. The van der Waals surface area contributed by atoms with Crippen molar-refractivity contribution in [3.8, 4) is 11.1 Å². The van der Waals surface area contributed by atoms with E-state index in [0.29, 0.717) is 22.2 Å². The Morgan fingerprint density at radius 1 is 0.850 bits per heavy atom. The molecule has 1 heterocycles. The molecule has 3 aromatic rings. The first kappa shape index (κ1) is 12.7. The number of nitrogens with two attached hydrogens (primary N) is 1. The molecule has 0 aliphatic carbocycles. The molecule has 100 valence electrons. The maximum atomic E-state index is 11.7. The van der Waals surface area contributed by atoms with Gasteiger partial charge in [0, 0.05) is 23.5 Å². The van der Waals surface area contributed by atoms with Crippen molar-refractivity contribution >= 4 is 21.1 Å². The molecule has 6 heteroatoms.